The van der Waals surface area contributed by atoms with Crippen LogP contribution in [0.1, 0.15) is 19.8 Å². The van der Waals surface area contributed by atoms with E-state index < -0.39 is 0 Å². The molecule has 0 aliphatic rings. The molecule has 3 nitrogen and oxygen atoms in total. The van der Waals surface area contributed by atoms with Gasteiger partial charge in [-0.3, -0.25) is 4.79 Å². The fourth-order valence-electron chi connectivity index (χ4n) is 0.682. The van der Waals surface area contributed by atoms with Crippen molar-refractivity contribution in [3.8, 4) is 0 Å². The number of ether oxygens (including phenoxy) is 1. The molecular formula is C9H16ClNO2. The molecule has 76 valence electrons. The average molecular weight is 206 g/mol. The summed E-state index contributed by atoms with van der Waals surface area (Å²) in [6.07, 6.45) is 1.94. The van der Waals surface area contributed by atoms with Gasteiger partial charge in [0, 0.05) is 11.6 Å². The van der Waals surface area contributed by atoms with E-state index in [9.17, 15) is 4.79 Å². The Bertz CT molecular complexity index is 171. The number of nitrogens with one attached hydrogen (secondary N) is 1. The fraction of sp³-hybridized carbons (Fsp3) is 0.667. The Hall–Kier alpha value is -0.540. The lowest BCUT2D eigenvalue weighted by Gasteiger charge is -2.04. The Morgan fingerprint density at radius 3 is 2.77 bits per heavy atom. The van der Waals surface area contributed by atoms with Gasteiger partial charge in [0.05, 0.1) is 13.2 Å². The summed E-state index contributed by atoms with van der Waals surface area (Å²) in [5.41, 5.74) is 0. The molecule has 0 atom stereocenters. The molecule has 0 saturated heterocycles. The fourth-order valence-corrected chi connectivity index (χ4v) is 0.776. The molecule has 0 saturated carbocycles. The maximum absolute atomic E-state index is 10.9. The van der Waals surface area contributed by atoms with Gasteiger partial charge < -0.3 is 10.1 Å². The summed E-state index contributed by atoms with van der Waals surface area (Å²) >= 11 is 5.48. The first kappa shape index (κ1) is 12.5. The topological polar surface area (TPSA) is 38.3 Å². The first-order valence-electron chi connectivity index (χ1n) is 4.36. The average Bonchev–Trinajstić information content (AvgIpc) is 2.04. The lowest BCUT2D eigenvalue weighted by molar-refractivity contribution is -0.142. The van der Waals surface area contributed by atoms with Crippen LogP contribution in [0.4, 0.5) is 0 Å². The zero-order valence-corrected chi connectivity index (χ0v) is 8.69. The SMILES string of the molecule is C=C(Cl)CNCC(=O)OCCCC. The Kier molecular flexibility index (Phi) is 7.74. The molecule has 0 aliphatic heterocycles. The van der Waals surface area contributed by atoms with Crippen LogP contribution in [0, 0.1) is 0 Å². The highest BCUT2D eigenvalue weighted by molar-refractivity contribution is 6.29. The lowest BCUT2D eigenvalue weighted by atomic mass is 10.4. The molecule has 0 aromatic heterocycles. The normalized spacial score (nSPS) is 9.69. The highest BCUT2D eigenvalue weighted by atomic mass is 35.5. The van der Waals surface area contributed by atoms with E-state index in [-0.39, 0.29) is 12.5 Å². The molecule has 0 aliphatic carbocycles. The maximum atomic E-state index is 10.9. The molecule has 0 bridgehead atoms. The van der Waals surface area contributed by atoms with Crippen molar-refractivity contribution < 1.29 is 9.53 Å². The number of unbranched alkanes of at least 4 members (excludes halogenated alkanes) is 1. The number of hydrogen-bond donors (Lipinski definition) is 1. The number of carbonyl (C=O) groups is 1. The minimum absolute atomic E-state index is 0.190. The first-order valence-corrected chi connectivity index (χ1v) is 4.74. The highest BCUT2D eigenvalue weighted by Gasteiger charge is 2.00. The quantitative estimate of drug-likeness (QED) is 0.508. The molecule has 4 heteroatoms. The smallest absolute Gasteiger partial charge is 0.319 e. The van der Waals surface area contributed by atoms with Gasteiger partial charge in [0.15, 0.2) is 0 Å². The van der Waals surface area contributed by atoms with Crippen molar-refractivity contribution in [3.05, 3.63) is 11.6 Å². The summed E-state index contributed by atoms with van der Waals surface area (Å²) in [6.45, 7) is 6.65. The van der Waals surface area contributed by atoms with E-state index in [2.05, 4.69) is 11.9 Å². The summed E-state index contributed by atoms with van der Waals surface area (Å²) in [7, 11) is 0. The van der Waals surface area contributed by atoms with Gasteiger partial charge in [-0.05, 0) is 6.42 Å². The van der Waals surface area contributed by atoms with Crippen LogP contribution in [0.3, 0.4) is 0 Å². The summed E-state index contributed by atoms with van der Waals surface area (Å²) in [6, 6.07) is 0. The van der Waals surface area contributed by atoms with Crippen LogP contribution in [0.2, 0.25) is 0 Å². The minimum Gasteiger partial charge on any atom is -0.465 e. The number of rotatable bonds is 7. The maximum Gasteiger partial charge on any atom is 0.319 e. The van der Waals surface area contributed by atoms with Crippen LogP contribution in [0.5, 0.6) is 0 Å². The van der Waals surface area contributed by atoms with Crippen LogP contribution in [-0.4, -0.2) is 25.7 Å². The molecule has 0 amide bonds. The van der Waals surface area contributed by atoms with Crippen molar-refractivity contribution in [1.29, 1.82) is 0 Å². The predicted molar refractivity (Wildman–Crippen MR) is 53.7 cm³/mol. The third-order valence-electron chi connectivity index (χ3n) is 1.35. The summed E-state index contributed by atoms with van der Waals surface area (Å²) in [4.78, 5) is 10.9. The van der Waals surface area contributed by atoms with Crippen molar-refractivity contribution in [1.82, 2.24) is 5.32 Å². The van der Waals surface area contributed by atoms with Crippen molar-refractivity contribution in [2.45, 2.75) is 19.8 Å². The minimum atomic E-state index is -0.244. The second-order valence-corrected chi connectivity index (χ2v) is 3.23. The van der Waals surface area contributed by atoms with Gasteiger partial charge in [0.2, 0.25) is 0 Å². The van der Waals surface area contributed by atoms with Crippen LogP contribution in [0.15, 0.2) is 11.6 Å². The van der Waals surface area contributed by atoms with E-state index in [4.69, 9.17) is 16.3 Å². The highest BCUT2D eigenvalue weighted by Crippen LogP contribution is 1.92. The molecule has 13 heavy (non-hydrogen) atoms. The van der Waals surface area contributed by atoms with Crippen molar-refractivity contribution >= 4 is 17.6 Å². The summed E-state index contributed by atoms with van der Waals surface area (Å²) in [5, 5.41) is 3.29. The Labute approximate surface area is 84.1 Å². The van der Waals surface area contributed by atoms with Gasteiger partial charge in [-0.1, -0.05) is 31.5 Å². The Morgan fingerprint density at radius 1 is 1.54 bits per heavy atom. The second kappa shape index (κ2) is 8.08. The van der Waals surface area contributed by atoms with Crippen LogP contribution in [0.25, 0.3) is 0 Å². The van der Waals surface area contributed by atoms with Gasteiger partial charge >= 0.3 is 5.97 Å². The van der Waals surface area contributed by atoms with E-state index >= 15 is 0 Å². The number of carbonyl (C=O) groups excluding carboxylic acids is 1. The van der Waals surface area contributed by atoms with E-state index in [1.54, 1.807) is 0 Å². The van der Waals surface area contributed by atoms with Gasteiger partial charge in [-0.25, -0.2) is 0 Å². The number of hydrogen-bond acceptors (Lipinski definition) is 3. The van der Waals surface area contributed by atoms with Gasteiger partial charge in [-0.2, -0.15) is 0 Å². The third-order valence-corrected chi connectivity index (χ3v) is 1.48. The lowest BCUT2D eigenvalue weighted by Crippen LogP contribution is -2.25. The van der Waals surface area contributed by atoms with Crippen LogP contribution < -0.4 is 5.32 Å². The van der Waals surface area contributed by atoms with Crippen molar-refractivity contribution in [2.75, 3.05) is 19.7 Å². The Morgan fingerprint density at radius 2 is 2.23 bits per heavy atom. The second-order valence-electron chi connectivity index (χ2n) is 2.69. The van der Waals surface area contributed by atoms with Gasteiger partial charge in [0.1, 0.15) is 0 Å². The zero-order chi connectivity index (χ0) is 10.1. The van der Waals surface area contributed by atoms with Crippen molar-refractivity contribution in [2.24, 2.45) is 0 Å². The van der Waals surface area contributed by atoms with E-state index in [1.165, 1.54) is 0 Å². The molecule has 0 unspecified atom stereocenters. The summed E-state index contributed by atoms with van der Waals surface area (Å²) in [5.74, 6) is -0.244. The van der Waals surface area contributed by atoms with Crippen LogP contribution >= 0.6 is 11.6 Å². The molecule has 0 aromatic carbocycles. The van der Waals surface area contributed by atoms with E-state index in [1.807, 2.05) is 6.92 Å². The van der Waals surface area contributed by atoms with E-state index in [0.717, 1.165) is 12.8 Å². The van der Waals surface area contributed by atoms with Gasteiger partial charge in [0.25, 0.3) is 0 Å². The van der Waals surface area contributed by atoms with Crippen LogP contribution in [-0.2, 0) is 9.53 Å². The molecular weight excluding hydrogens is 190 g/mol. The number of halogens is 1. The monoisotopic (exact) mass is 205 g/mol. The number of esters is 1. The predicted octanol–water partition coefficient (Wildman–Crippen LogP) is 1.67. The molecule has 0 heterocycles. The van der Waals surface area contributed by atoms with Gasteiger partial charge in [-0.15, -0.1) is 0 Å². The Balaban J connectivity index is 3.25. The largest absolute Gasteiger partial charge is 0.465 e. The summed E-state index contributed by atoms with van der Waals surface area (Å²) < 4.78 is 4.89. The zero-order valence-electron chi connectivity index (χ0n) is 7.94. The third kappa shape index (κ3) is 9.37. The first-order chi connectivity index (χ1) is 6.16. The molecule has 0 fully saturated rings. The molecule has 0 aromatic rings. The standard InChI is InChI=1S/C9H16ClNO2/c1-3-4-5-13-9(12)7-11-6-8(2)10/h11H,2-7H2,1H3. The molecule has 0 spiro atoms. The van der Waals surface area contributed by atoms with Crippen molar-refractivity contribution in [3.63, 3.8) is 0 Å². The molecule has 0 rings (SSSR count). The molecule has 1 N–H and O–H groups in total. The molecule has 0 radical (unpaired) electrons. The van der Waals surface area contributed by atoms with E-state index in [0.29, 0.717) is 18.2 Å².